The quantitative estimate of drug-likeness (QED) is 0.821. The van der Waals surface area contributed by atoms with Gasteiger partial charge in [-0.15, -0.1) is 0 Å². The zero-order valence-electron chi connectivity index (χ0n) is 6.74. The monoisotopic (exact) mass is 255 g/mol. The van der Waals surface area contributed by atoms with E-state index < -0.39 is 6.93 Å². The Kier molecular flexibility index (Phi) is 6.62. The lowest BCUT2D eigenvalue weighted by Gasteiger charge is -1.98. The van der Waals surface area contributed by atoms with E-state index in [-0.39, 0.29) is 12.4 Å². The number of hydrogen-bond donors (Lipinski definition) is 1. The lowest BCUT2D eigenvalue weighted by Crippen LogP contribution is -1.98. The molecule has 0 aliphatic rings. The molecule has 0 amide bonds. The molecule has 1 aromatic carbocycles. The van der Waals surface area contributed by atoms with E-state index in [0.29, 0.717) is 5.56 Å². The number of nitrogens with two attached hydrogens (primary N) is 1. The first-order valence-corrected chi connectivity index (χ1v) is 4.21. The molecule has 1 rings (SSSR count). The van der Waals surface area contributed by atoms with Gasteiger partial charge >= 0.3 is 0 Å². The maximum absolute atomic E-state index is 12.7. The minimum Gasteiger partial charge on any atom is -0.326 e. The maximum Gasteiger partial charge on any atom is 0.229 e. The summed E-state index contributed by atoms with van der Waals surface area (Å²) in [5.74, 6) is -0.245. The van der Waals surface area contributed by atoms with Crippen LogP contribution in [0.3, 0.4) is 0 Å². The summed E-state index contributed by atoms with van der Waals surface area (Å²) in [6.07, 6.45) is 0. The molecular formula is C8H9BrF3N. The Morgan fingerprint density at radius 3 is 2.23 bits per heavy atom. The molecule has 1 nitrogen and oxygen atoms in total. The fraction of sp³-hybridized carbons (Fsp3) is 0.250. The van der Waals surface area contributed by atoms with E-state index in [1.807, 2.05) is 0 Å². The Labute approximate surface area is 82.9 Å². The SMILES string of the molecule is FCF.NCc1cc(Br)ccc1F. The highest BCUT2D eigenvalue weighted by molar-refractivity contribution is 9.10. The minimum absolute atomic E-state index is 0.241. The highest BCUT2D eigenvalue weighted by Crippen LogP contribution is 2.14. The number of halogens is 4. The van der Waals surface area contributed by atoms with Gasteiger partial charge in [0, 0.05) is 16.6 Å². The maximum atomic E-state index is 12.7. The highest BCUT2D eigenvalue weighted by atomic mass is 79.9. The van der Waals surface area contributed by atoms with Crippen LogP contribution in [0.5, 0.6) is 0 Å². The van der Waals surface area contributed by atoms with Gasteiger partial charge in [0.05, 0.1) is 0 Å². The van der Waals surface area contributed by atoms with Crippen molar-refractivity contribution in [2.75, 3.05) is 6.93 Å². The van der Waals surface area contributed by atoms with Crippen molar-refractivity contribution in [1.29, 1.82) is 0 Å². The van der Waals surface area contributed by atoms with Gasteiger partial charge in [-0.25, -0.2) is 13.2 Å². The number of hydrogen-bond acceptors (Lipinski definition) is 1. The number of rotatable bonds is 1. The van der Waals surface area contributed by atoms with Gasteiger partial charge in [-0.3, -0.25) is 0 Å². The van der Waals surface area contributed by atoms with Gasteiger partial charge in [0.1, 0.15) is 5.82 Å². The van der Waals surface area contributed by atoms with E-state index in [1.54, 1.807) is 12.1 Å². The molecule has 1 aromatic rings. The molecule has 0 radical (unpaired) electrons. The Bertz CT molecular complexity index is 255. The van der Waals surface area contributed by atoms with Crippen LogP contribution in [0, 0.1) is 5.82 Å². The second-order valence-electron chi connectivity index (χ2n) is 2.04. The first kappa shape index (κ1) is 12.4. The van der Waals surface area contributed by atoms with Crippen molar-refractivity contribution in [2.24, 2.45) is 5.73 Å². The zero-order valence-corrected chi connectivity index (χ0v) is 8.32. The average molecular weight is 256 g/mol. The van der Waals surface area contributed by atoms with Crippen molar-refractivity contribution >= 4 is 15.9 Å². The van der Waals surface area contributed by atoms with Crippen LogP contribution in [-0.4, -0.2) is 6.93 Å². The van der Waals surface area contributed by atoms with E-state index >= 15 is 0 Å². The van der Waals surface area contributed by atoms with Gasteiger partial charge in [0.25, 0.3) is 0 Å². The molecule has 2 N–H and O–H groups in total. The van der Waals surface area contributed by atoms with Crippen molar-refractivity contribution in [1.82, 2.24) is 0 Å². The Morgan fingerprint density at radius 1 is 1.31 bits per heavy atom. The normalized spacial score (nSPS) is 9.00. The van der Waals surface area contributed by atoms with Crippen molar-refractivity contribution in [2.45, 2.75) is 6.54 Å². The third-order valence-electron chi connectivity index (χ3n) is 1.23. The molecule has 13 heavy (non-hydrogen) atoms. The smallest absolute Gasteiger partial charge is 0.229 e. The number of alkyl halides is 2. The molecule has 0 saturated heterocycles. The first-order chi connectivity index (χ1) is 6.15. The summed E-state index contributed by atoms with van der Waals surface area (Å²) in [6.45, 7) is -1.51. The summed E-state index contributed by atoms with van der Waals surface area (Å²) in [5.41, 5.74) is 5.80. The van der Waals surface area contributed by atoms with Crippen LogP contribution in [-0.2, 0) is 6.54 Å². The van der Waals surface area contributed by atoms with E-state index in [1.165, 1.54) is 6.07 Å². The summed E-state index contributed by atoms with van der Waals surface area (Å²) in [7, 11) is 0. The van der Waals surface area contributed by atoms with Crippen LogP contribution >= 0.6 is 15.9 Å². The molecule has 0 aliphatic carbocycles. The summed E-state index contributed by atoms with van der Waals surface area (Å²) in [6, 6.07) is 4.72. The van der Waals surface area contributed by atoms with Crippen molar-refractivity contribution in [3.8, 4) is 0 Å². The zero-order chi connectivity index (χ0) is 10.3. The molecule has 0 atom stereocenters. The molecule has 0 spiro atoms. The summed E-state index contributed by atoms with van der Waals surface area (Å²) in [5, 5.41) is 0. The molecular weight excluding hydrogens is 247 g/mol. The summed E-state index contributed by atoms with van der Waals surface area (Å²) in [4.78, 5) is 0. The Morgan fingerprint density at radius 2 is 1.85 bits per heavy atom. The standard InChI is InChI=1S/C7H7BrFN.CH2F2/c8-6-1-2-7(9)5(3-6)4-10;2-1-3/h1-3H,4,10H2;1H2. The van der Waals surface area contributed by atoms with Crippen molar-refractivity contribution < 1.29 is 13.2 Å². The number of benzene rings is 1. The lowest BCUT2D eigenvalue weighted by atomic mass is 10.2. The highest BCUT2D eigenvalue weighted by Gasteiger charge is 1.98. The predicted molar refractivity (Wildman–Crippen MR) is 49.1 cm³/mol. The molecule has 0 fully saturated rings. The molecule has 0 aliphatic heterocycles. The molecule has 0 bridgehead atoms. The topological polar surface area (TPSA) is 26.0 Å². The summed E-state index contributed by atoms with van der Waals surface area (Å²) < 4.78 is 32.8. The van der Waals surface area contributed by atoms with Crippen LogP contribution in [0.15, 0.2) is 22.7 Å². The van der Waals surface area contributed by atoms with Gasteiger partial charge in [-0.1, -0.05) is 15.9 Å². The van der Waals surface area contributed by atoms with Gasteiger partial charge in [0.2, 0.25) is 6.93 Å². The predicted octanol–water partition coefficient (Wildman–Crippen LogP) is 2.93. The van der Waals surface area contributed by atoms with E-state index in [0.717, 1.165) is 4.47 Å². The van der Waals surface area contributed by atoms with Crippen LogP contribution in [0.4, 0.5) is 13.2 Å². The molecule has 5 heteroatoms. The van der Waals surface area contributed by atoms with Gasteiger partial charge in [0.15, 0.2) is 0 Å². The van der Waals surface area contributed by atoms with E-state index in [4.69, 9.17) is 5.73 Å². The van der Waals surface area contributed by atoms with Crippen LogP contribution in [0.25, 0.3) is 0 Å². The summed E-state index contributed by atoms with van der Waals surface area (Å²) >= 11 is 3.21. The third-order valence-corrected chi connectivity index (χ3v) is 1.72. The van der Waals surface area contributed by atoms with Crippen LogP contribution in [0.2, 0.25) is 0 Å². The second kappa shape index (κ2) is 6.91. The second-order valence-corrected chi connectivity index (χ2v) is 2.96. The molecule has 0 heterocycles. The van der Waals surface area contributed by atoms with E-state index in [2.05, 4.69) is 15.9 Å². The fourth-order valence-electron chi connectivity index (χ4n) is 0.700. The largest absolute Gasteiger partial charge is 0.326 e. The molecule has 0 saturated carbocycles. The van der Waals surface area contributed by atoms with Crippen LogP contribution in [0.1, 0.15) is 5.56 Å². The lowest BCUT2D eigenvalue weighted by molar-refractivity contribution is 0.295. The Balaban J connectivity index is 0.000000424. The van der Waals surface area contributed by atoms with Gasteiger partial charge in [-0.2, -0.15) is 0 Å². The van der Waals surface area contributed by atoms with Crippen molar-refractivity contribution in [3.05, 3.63) is 34.1 Å². The third kappa shape index (κ3) is 4.90. The first-order valence-electron chi connectivity index (χ1n) is 3.41. The molecule has 0 aromatic heterocycles. The minimum atomic E-state index is -1.75. The Hall–Kier alpha value is -0.550. The van der Waals surface area contributed by atoms with Gasteiger partial charge < -0.3 is 5.73 Å². The van der Waals surface area contributed by atoms with Gasteiger partial charge in [-0.05, 0) is 18.2 Å². The van der Waals surface area contributed by atoms with Crippen LogP contribution < -0.4 is 5.73 Å². The fourth-order valence-corrected chi connectivity index (χ4v) is 1.11. The molecule has 0 unspecified atom stereocenters. The molecule has 74 valence electrons. The van der Waals surface area contributed by atoms with Crippen molar-refractivity contribution in [3.63, 3.8) is 0 Å². The van der Waals surface area contributed by atoms with E-state index in [9.17, 15) is 13.2 Å². The average Bonchev–Trinajstić information content (AvgIpc) is 2.10.